The van der Waals surface area contributed by atoms with Crippen molar-refractivity contribution in [1.29, 1.82) is 0 Å². The number of carboxylic acid groups (broad SMARTS) is 1. The lowest BCUT2D eigenvalue weighted by molar-refractivity contribution is -0.142. The van der Waals surface area contributed by atoms with Crippen LogP contribution < -0.4 is 21.7 Å². The lowest BCUT2D eigenvalue weighted by Gasteiger charge is -2.23. The number of carbonyl (C=O) groups is 4. The summed E-state index contributed by atoms with van der Waals surface area (Å²) in [4.78, 5) is 46.2. The van der Waals surface area contributed by atoms with E-state index in [0.717, 1.165) is 0 Å². The van der Waals surface area contributed by atoms with Crippen molar-refractivity contribution in [3.05, 3.63) is 0 Å². The predicted octanol–water partition coefficient (Wildman–Crippen LogP) is -3.82. The zero-order valence-corrected chi connectivity index (χ0v) is 14.7. The predicted molar refractivity (Wildman–Crippen MR) is 89.7 cm³/mol. The minimum absolute atomic E-state index is 0.186. The maximum Gasteiger partial charge on any atom is 0.327 e. The van der Waals surface area contributed by atoms with E-state index >= 15 is 0 Å². The van der Waals surface area contributed by atoms with Gasteiger partial charge in [-0.05, 0) is 13.8 Å². The topological polar surface area (TPSA) is 191 Å². The van der Waals surface area contributed by atoms with Crippen molar-refractivity contribution in [3.63, 3.8) is 0 Å². The monoisotopic (exact) mass is 380 g/mol. The molecule has 0 spiro atoms. The molecular formula is C13H24N4O7S. The fraction of sp³-hybridized carbons (Fsp3) is 0.692. The van der Waals surface area contributed by atoms with Gasteiger partial charge < -0.3 is 37.0 Å². The summed E-state index contributed by atoms with van der Waals surface area (Å²) < 4.78 is 0. The average molecular weight is 380 g/mol. The molecule has 0 aliphatic heterocycles. The van der Waals surface area contributed by atoms with Crippen LogP contribution in [0.25, 0.3) is 0 Å². The number of aliphatic hydroxyl groups is 2. The van der Waals surface area contributed by atoms with Gasteiger partial charge in [0.2, 0.25) is 17.7 Å². The minimum Gasteiger partial charge on any atom is -0.480 e. The number of rotatable bonds is 10. The summed E-state index contributed by atoms with van der Waals surface area (Å²) in [5.74, 6) is -4.01. The molecule has 11 nitrogen and oxygen atoms in total. The Kier molecular flexibility index (Phi) is 10.0. The molecule has 5 atom stereocenters. The Morgan fingerprint density at radius 3 is 2.00 bits per heavy atom. The molecule has 0 radical (unpaired) electrons. The first-order valence-corrected chi connectivity index (χ1v) is 7.97. The van der Waals surface area contributed by atoms with Gasteiger partial charge in [-0.3, -0.25) is 14.4 Å². The Hall–Kier alpha value is -1.89. The first kappa shape index (κ1) is 23.1. The maximum absolute atomic E-state index is 12.0. The third-order valence-electron chi connectivity index (χ3n) is 3.12. The summed E-state index contributed by atoms with van der Waals surface area (Å²) in [6.07, 6.45) is -2.44. The molecule has 0 aliphatic carbocycles. The van der Waals surface area contributed by atoms with Gasteiger partial charge in [-0.25, -0.2) is 4.79 Å². The molecule has 0 aromatic heterocycles. The highest BCUT2D eigenvalue weighted by atomic mass is 32.1. The van der Waals surface area contributed by atoms with Crippen LogP contribution in [0.5, 0.6) is 0 Å². The van der Waals surface area contributed by atoms with E-state index in [-0.39, 0.29) is 5.75 Å². The Labute approximate surface area is 149 Å². The van der Waals surface area contributed by atoms with Crippen molar-refractivity contribution >= 4 is 36.3 Å². The standard InChI is InChI=1S/C13H24N4O7S/c1-5(18)9(14)11(21)15-3-8(20)17-10(6(2)19)12(22)16-7(4-25)13(23)24/h5-7,9-10,18-19,25H,3-4,14H2,1-2H3,(H,15,21)(H,16,22)(H,17,20)(H,23,24). The molecule has 0 rings (SSSR count). The van der Waals surface area contributed by atoms with E-state index in [2.05, 4.69) is 28.6 Å². The molecule has 0 aromatic carbocycles. The van der Waals surface area contributed by atoms with Gasteiger partial charge in [0.15, 0.2) is 0 Å². The van der Waals surface area contributed by atoms with Crippen molar-refractivity contribution < 1.29 is 34.5 Å². The second-order valence-corrected chi connectivity index (χ2v) is 5.72. The summed E-state index contributed by atoms with van der Waals surface area (Å²) in [5, 5.41) is 34.1. The number of hydrogen-bond acceptors (Lipinski definition) is 8. The van der Waals surface area contributed by atoms with Crippen LogP contribution in [0.15, 0.2) is 0 Å². The first-order valence-electron chi connectivity index (χ1n) is 7.34. The number of carbonyl (C=O) groups excluding carboxylic acids is 3. The van der Waals surface area contributed by atoms with Gasteiger partial charge in [0.1, 0.15) is 18.1 Å². The van der Waals surface area contributed by atoms with Crippen LogP contribution in [-0.2, 0) is 19.2 Å². The largest absolute Gasteiger partial charge is 0.480 e. The van der Waals surface area contributed by atoms with Gasteiger partial charge in [0.05, 0.1) is 18.8 Å². The molecular weight excluding hydrogens is 356 g/mol. The quantitative estimate of drug-likeness (QED) is 0.177. The number of nitrogens with two attached hydrogens (primary N) is 1. The molecule has 5 unspecified atom stereocenters. The van der Waals surface area contributed by atoms with Crippen LogP contribution in [0.2, 0.25) is 0 Å². The third-order valence-corrected chi connectivity index (χ3v) is 3.49. The smallest absolute Gasteiger partial charge is 0.327 e. The number of aliphatic hydroxyl groups excluding tert-OH is 2. The molecule has 0 bridgehead atoms. The van der Waals surface area contributed by atoms with E-state index in [1.54, 1.807) is 0 Å². The van der Waals surface area contributed by atoms with E-state index in [9.17, 15) is 29.4 Å². The molecule has 25 heavy (non-hydrogen) atoms. The van der Waals surface area contributed by atoms with E-state index < -0.39 is 60.6 Å². The number of aliphatic carboxylic acids is 1. The Morgan fingerprint density at radius 2 is 1.60 bits per heavy atom. The SMILES string of the molecule is CC(O)C(N)C(=O)NCC(=O)NC(C(=O)NC(CS)C(=O)O)C(C)O. The van der Waals surface area contributed by atoms with Crippen LogP contribution in [-0.4, -0.2) is 81.6 Å². The van der Waals surface area contributed by atoms with Crippen LogP contribution in [0, 0.1) is 0 Å². The van der Waals surface area contributed by atoms with Crippen molar-refractivity contribution in [2.24, 2.45) is 5.73 Å². The molecule has 144 valence electrons. The second kappa shape index (κ2) is 10.9. The molecule has 12 heteroatoms. The summed E-state index contributed by atoms with van der Waals surface area (Å²) in [6.45, 7) is 1.98. The highest BCUT2D eigenvalue weighted by molar-refractivity contribution is 7.80. The van der Waals surface area contributed by atoms with Crippen LogP contribution in [0.4, 0.5) is 0 Å². The van der Waals surface area contributed by atoms with Gasteiger partial charge >= 0.3 is 5.97 Å². The highest BCUT2D eigenvalue weighted by Gasteiger charge is 2.29. The zero-order valence-electron chi connectivity index (χ0n) is 13.8. The van der Waals surface area contributed by atoms with Crippen LogP contribution in [0.1, 0.15) is 13.8 Å². The summed E-state index contributed by atoms with van der Waals surface area (Å²) in [6, 6.07) is -3.95. The van der Waals surface area contributed by atoms with Gasteiger partial charge in [-0.1, -0.05) is 0 Å². The number of hydrogen-bond donors (Lipinski definition) is 8. The van der Waals surface area contributed by atoms with Crippen LogP contribution in [0.3, 0.4) is 0 Å². The van der Waals surface area contributed by atoms with Gasteiger partial charge in [-0.15, -0.1) is 0 Å². The van der Waals surface area contributed by atoms with E-state index in [4.69, 9.17) is 10.8 Å². The second-order valence-electron chi connectivity index (χ2n) is 5.35. The van der Waals surface area contributed by atoms with E-state index in [1.165, 1.54) is 13.8 Å². The third kappa shape index (κ3) is 8.16. The molecule has 0 aromatic rings. The van der Waals surface area contributed by atoms with Crippen LogP contribution >= 0.6 is 12.6 Å². The van der Waals surface area contributed by atoms with E-state index in [0.29, 0.717) is 0 Å². The normalized spacial score (nSPS) is 16.7. The number of thiol groups is 1. The zero-order chi connectivity index (χ0) is 19.7. The van der Waals surface area contributed by atoms with Gasteiger partial charge in [-0.2, -0.15) is 12.6 Å². The maximum atomic E-state index is 12.0. The van der Waals surface area contributed by atoms with Crippen molar-refractivity contribution in [2.75, 3.05) is 12.3 Å². The Balaban J connectivity index is 4.70. The van der Waals surface area contributed by atoms with Gasteiger partial charge in [0.25, 0.3) is 0 Å². The highest BCUT2D eigenvalue weighted by Crippen LogP contribution is 1.97. The summed E-state index contributed by atoms with van der Waals surface area (Å²) in [7, 11) is 0. The molecule has 0 heterocycles. The van der Waals surface area contributed by atoms with Crippen molar-refractivity contribution in [3.8, 4) is 0 Å². The molecule has 0 saturated carbocycles. The van der Waals surface area contributed by atoms with Crippen molar-refractivity contribution in [2.45, 2.75) is 44.2 Å². The lowest BCUT2D eigenvalue weighted by Crippen LogP contribution is -2.58. The lowest BCUT2D eigenvalue weighted by atomic mass is 10.1. The van der Waals surface area contributed by atoms with Gasteiger partial charge in [0, 0.05) is 5.75 Å². The summed E-state index contributed by atoms with van der Waals surface area (Å²) >= 11 is 3.79. The molecule has 0 aliphatic rings. The van der Waals surface area contributed by atoms with E-state index in [1.807, 2.05) is 0 Å². The molecule has 3 amide bonds. The average Bonchev–Trinajstić information content (AvgIpc) is 2.53. The number of amides is 3. The number of nitrogens with one attached hydrogen (secondary N) is 3. The Morgan fingerprint density at radius 1 is 1.04 bits per heavy atom. The molecule has 0 fully saturated rings. The fourth-order valence-electron chi connectivity index (χ4n) is 1.58. The minimum atomic E-state index is -1.43. The fourth-order valence-corrected chi connectivity index (χ4v) is 1.83. The first-order chi connectivity index (χ1) is 11.5. The summed E-state index contributed by atoms with van der Waals surface area (Å²) in [5.41, 5.74) is 5.38. The molecule has 8 N–H and O–H groups in total. The Bertz CT molecular complexity index is 501. The number of carboxylic acids is 1. The molecule has 0 saturated heterocycles. The van der Waals surface area contributed by atoms with Crippen molar-refractivity contribution in [1.82, 2.24) is 16.0 Å².